The number of carbonyl (C=O) groups is 3. The zero-order valence-electron chi connectivity index (χ0n) is 14.9. The maximum Gasteiger partial charge on any atom is 0.333 e. The van der Waals surface area contributed by atoms with Gasteiger partial charge in [0.25, 0.3) is 11.7 Å². The molecule has 8 heteroatoms. The predicted octanol–water partition coefficient (Wildman–Crippen LogP) is 3.22. The number of carbonyl (C=O) groups excluding carboxylic acids is 3. The predicted molar refractivity (Wildman–Crippen MR) is 104 cm³/mol. The Labute approximate surface area is 169 Å². The van der Waals surface area contributed by atoms with Gasteiger partial charge in [-0.3, -0.25) is 9.59 Å². The van der Waals surface area contributed by atoms with Crippen LogP contribution in [0.15, 0.2) is 60.4 Å². The molecule has 0 fully saturated rings. The Morgan fingerprint density at radius 1 is 1.17 bits per heavy atom. The number of fused-ring (bicyclic) bond motifs is 1. The highest BCUT2D eigenvalue weighted by Crippen LogP contribution is 2.26. The van der Waals surface area contributed by atoms with Crippen LogP contribution in [0.5, 0.6) is 0 Å². The van der Waals surface area contributed by atoms with E-state index >= 15 is 0 Å². The lowest BCUT2D eigenvalue weighted by atomic mass is 10.1. The molecule has 0 saturated carbocycles. The molecule has 3 aromatic rings. The van der Waals surface area contributed by atoms with Crippen molar-refractivity contribution in [2.45, 2.75) is 6.54 Å². The molecular formula is C21H14ClFN2O4. The number of para-hydroxylation sites is 1. The van der Waals surface area contributed by atoms with E-state index in [1.165, 1.54) is 18.3 Å². The van der Waals surface area contributed by atoms with Crippen LogP contribution in [0.2, 0.25) is 5.02 Å². The molecule has 0 atom stereocenters. The molecule has 0 bridgehead atoms. The van der Waals surface area contributed by atoms with Crippen molar-refractivity contribution < 1.29 is 23.5 Å². The minimum Gasteiger partial charge on any atom is -0.456 e. The third-order valence-electron chi connectivity index (χ3n) is 4.50. The number of amides is 1. The summed E-state index contributed by atoms with van der Waals surface area (Å²) in [6, 6.07) is 11.4. The van der Waals surface area contributed by atoms with Crippen molar-refractivity contribution in [3.8, 4) is 0 Å². The molecule has 4 rings (SSSR count). The van der Waals surface area contributed by atoms with Crippen molar-refractivity contribution in [2.75, 3.05) is 6.61 Å². The van der Waals surface area contributed by atoms with Gasteiger partial charge in [0.05, 0.1) is 16.8 Å². The zero-order valence-corrected chi connectivity index (χ0v) is 15.7. The fourth-order valence-corrected chi connectivity index (χ4v) is 3.30. The summed E-state index contributed by atoms with van der Waals surface area (Å²) in [4.78, 5) is 36.2. The van der Waals surface area contributed by atoms with E-state index in [2.05, 4.69) is 5.32 Å². The molecule has 2 heterocycles. The zero-order chi connectivity index (χ0) is 20.5. The van der Waals surface area contributed by atoms with Crippen LogP contribution in [-0.4, -0.2) is 28.8 Å². The van der Waals surface area contributed by atoms with Gasteiger partial charge in [-0.15, -0.1) is 0 Å². The minimum absolute atomic E-state index is 0.0665. The largest absolute Gasteiger partial charge is 0.456 e. The molecule has 146 valence electrons. The Kier molecular flexibility index (Phi) is 4.90. The first-order chi connectivity index (χ1) is 13.9. The average Bonchev–Trinajstić information content (AvgIpc) is 3.27. The minimum atomic E-state index is -0.927. The maximum atomic E-state index is 14.5. The van der Waals surface area contributed by atoms with Crippen molar-refractivity contribution in [3.05, 3.63) is 82.4 Å². The Hall–Kier alpha value is -3.45. The van der Waals surface area contributed by atoms with Crippen LogP contribution in [0, 0.1) is 5.82 Å². The SMILES string of the molecule is O=C1C=C(NC(=O)C(=O)c2cn(Cc3ccc(Cl)cc3)c3c(F)cccc23)CO1. The molecule has 29 heavy (non-hydrogen) atoms. The van der Waals surface area contributed by atoms with E-state index in [4.69, 9.17) is 16.3 Å². The monoisotopic (exact) mass is 412 g/mol. The number of nitrogens with zero attached hydrogens (tertiary/aromatic N) is 1. The van der Waals surface area contributed by atoms with Gasteiger partial charge in [-0.1, -0.05) is 35.9 Å². The summed E-state index contributed by atoms with van der Waals surface area (Å²) in [5, 5.41) is 3.26. The third-order valence-corrected chi connectivity index (χ3v) is 4.75. The van der Waals surface area contributed by atoms with Gasteiger partial charge in [0.15, 0.2) is 0 Å². The number of Topliss-reactive ketones (excluding diaryl/α,β-unsaturated/α-hetero) is 1. The molecule has 0 saturated heterocycles. The Morgan fingerprint density at radius 3 is 2.62 bits per heavy atom. The van der Waals surface area contributed by atoms with Crippen LogP contribution in [0.3, 0.4) is 0 Å². The van der Waals surface area contributed by atoms with Crippen LogP contribution in [-0.2, 0) is 20.9 Å². The Balaban J connectivity index is 1.69. The summed E-state index contributed by atoms with van der Waals surface area (Å²) in [7, 11) is 0. The summed E-state index contributed by atoms with van der Waals surface area (Å²) >= 11 is 5.90. The molecule has 1 amide bonds. The molecule has 0 spiro atoms. The first kappa shape index (κ1) is 18.9. The maximum absolute atomic E-state index is 14.5. The highest BCUT2D eigenvalue weighted by atomic mass is 35.5. The number of benzene rings is 2. The van der Waals surface area contributed by atoms with Crippen molar-refractivity contribution in [1.82, 2.24) is 9.88 Å². The highest BCUT2D eigenvalue weighted by molar-refractivity contribution is 6.45. The lowest BCUT2D eigenvalue weighted by Crippen LogP contribution is -2.31. The topological polar surface area (TPSA) is 77.4 Å². The van der Waals surface area contributed by atoms with Gasteiger partial charge >= 0.3 is 5.97 Å². The van der Waals surface area contributed by atoms with Crippen LogP contribution in [0.1, 0.15) is 15.9 Å². The van der Waals surface area contributed by atoms with E-state index in [1.807, 2.05) is 0 Å². The number of ketones is 1. The summed E-state index contributed by atoms with van der Waals surface area (Å²) in [5.74, 6) is -2.86. The van der Waals surface area contributed by atoms with Crippen molar-refractivity contribution in [3.63, 3.8) is 0 Å². The first-order valence-corrected chi connectivity index (χ1v) is 9.05. The van der Waals surface area contributed by atoms with Gasteiger partial charge in [-0.25, -0.2) is 9.18 Å². The van der Waals surface area contributed by atoms with Crippen molar-refractivity contribution >= 4 is 40.2 Å². The number of esters is 1. The standard InChI is InChI=1S/C21H14ClFN2O4/c22-13-6-4-12(5-7-13)9-25-10-16(15-2-1-3-17(23)19(15)25)20(27)21(28)24-14-8-18(26)29-11-14/h1-8,10H,9,11H2,(H,24,28). The van der Waals surface area contributed by atoms with Crippen LogP contribution < -0.4 is 5.32 Å². The quantitative estimate of drug-likeness (QED) is 0.396. The van der Waals surface area contributed by atoms with Crippen molar-refractivity contribution in [2.24, 2.45) is 0 Å². The molecule has 2 aromatic carbocycles. The van der Waals surface area contributed by atoms with Gasteiger partial charge in [0.1, 0.15) is 12.4 Å². The van der Waals surface area contributed by atoms with Gasteiger partial charge in [0.2, 0.25) is 0 Å². The second kappa shape index (κ2) is 7.52. The second-order valence-electron chi connectivity index (χ2n) is 6.49. The summed E-state index contributed by atoms with van der Waals surface area (Å²) < 4.78 is 20.8. The number of aromatic nitrogens is 1. The molecule has 1 aliphatic rings. The number of ether oxygens (including phenoxy) is 1. The lowest BCUT2D eigenvalue weighted by Gasteiger charge is -2.06. The third kappa shape index (κ3) is 3.77. The molecular weight excluding hydrogens is 399 g/mol. The molecule has 0 aliphatic carbocycles. The van der Waals surface area contributed by atoms with Gasteiger partial charge in [0, 0.05) is 29.2 Å². The number of nitrogens with one attached hydrogen (secondary N) is 1. The molecule has 0 unspecified atom stereocenters. The van der Waals surface area contributed by atoms with E-state index in [0.29, 0.717) is 10.4 Å². The van der Waals surface area contributed by atoms with E-state index in [0.717, 1.165) is 11.6 Å². The fraction of sp³-hybridized carbons (Fsp3) is 0.0952. The first-order valence-electron chi connectivity index (χ1n) is 8.67. The molecule has 6 nitrogen and oxygen atoms in total. The molecule has 1 aliphatic heterocycles. The molecule has 0 radical (unpaired) electrons. The number of hydrogen-bond donors (Lipinski definition) is 1. The van der Waals surface area contributed by atoms with E-state index in [-0.39, 0.29) is 29.9 Å². The number of halogens is 2. The van der Waals surface area contributed by atoms with Crippen LogP contribution in [0.25, 0.3) is 10.9 Å². The smallest absolute Gasteiger partial charge is 0.333 e. The van der Waals surface area contributed by atoms with Gasteiger partial charge in [-0.2, -0.15) is 0 Å². The molecule has 1 aromatic heterocycles. The fourth-order valence-electron chi connectivity index (χ4n) is 3.18. The summed E-state index contributed by atoms with van der Waals surface area (Å²) in [5.41, 5.74) is 1.34. The number of rotatable bonds is 5. The van der Waals surface area contributed by atoms with Gasteiger partial charge in [-0.05, 0) is 23.8 Å². The number of cyclic esters (lactones) is 1. The second-order valence-corrected chi connectivity index (χ2v) is 6.93. The average molecular weight is 413 g/mol. The number of hydrogen-bond acceptors (Lipinski definition) is 4. The van der Waals surface area contributed by atoms with Crippen LogP contribution in [0.4, 0.5) is 4.39 Å². The summed E-state index contributed by atoms with van der Waals surface area (Å²) in [6.45, 7) is 0.182. The molecule has 1 N–H and O–H groups in total. The van der Waals surface area contributed by atoms with E-state index < -0.39 is 23.5 Å². The van der Waals surface area contributed by atoms with E-state index in [1.54, 1.807) is 34.9 Å². The summed E-state index contributed by atoms with van der Waals surface area (Å²) in [6.07, 6.45) is 2.56. The normalized spacial score (nSPS) is 13.3. The van der Waals surface area contributed by atoms with Gasteiger partial charge < -0.3 is 14.6 Å². The van der Waals surface area contributed by atoms with E-state index in [9.17, 15) is 18.8 Å². The Morgan fingerprint density at radius 2 is 1.93 bits per heavy atom. The highest BCUT2D eigenvalue weighted by Gasteiger charge is 2.25. The Bertz CT molecular complexity index is 1180. The van der Waals surface area contributed by atoms with Crippen molar-refractivity contribution in [1.29, 1.82) is 0 Å². The van der Waals surface area contributed by atoms with Crippen LogP contribution >= 0.6 is 11.6 Å². The lowest BCUT2D eigenvalue weighted by molar-refractivity contribution is -0.135.